The van der Waals surface area contributed by atoms with Gasteiger partial charge in [0.15, 0.2) is 33.2 Å². The number of nitriles is 3. The van der Waals surface area contributed by atoms with Crippen molar-refractivity contribution in [2.75, 3.05) is 17.2 Å². The van der Waals surface area contributed by atoms with Crippen LogP contribution in [0.2, 0.25) is 15.5 Å². The van der Waals surface area contributed by atoms with E-state index in [0.717, 1.165) is 56.6 Å². The summed E-state index contributed by atoms with van der Waals surface area (Å²) in [7, 11) is 0. The van der Waals surface area contributed by atoms with E-state index in [1.165, 1.54) is 0 Å². The van der Waals surface area contributed by atoms with Crippen LogP contribution in [0.25, 0.3) is 65.4 Å². The van der Waals surface area contributed by atoms with Gasteiger partial charge in [-0.1, -0.05) is 108 Å². The van der Waals surface area contributed by atoms with Crippen LogP contribution < -0.4 is 10.6 Å². The third-order valence-electron chi connectivity index (χ3n) is 13.1. The highest BCUT2D eigenvalue weighted by Gasteiger charge is 2.38. The van der Waals surface area contributed by atoms with E-state index in [9.17, 15) is 69.7 Å². The molecule has 89 heavy (non-hydrogen) atoms. The van der Waals surface area contributed by atoms with Gasteiger partial charge in [0, 0.05) is 11.4 Å². The molecule has 27 heteroatoms. The highest BCUT2D eigenvalue weighted by molar-refractivity contribution is 6.31. The Morgan fingerprint density at radius 2 is 0.719 bits per heavy atom. The largest absolute Gasteiger partial charge is 0.465 e. The molecule has 0 bridgehead atoms. The minimum absolute atomic E-state index is 0.0311. The summed E-state index contributed by atoms with van der Waals surface area (Å²) in [5, 5.41) is 37.8. The van der Waals surface area contributed by atoms with Crippen molar-refractivity contribution in [2.24, 2.45) is 0 Å². The van der Waals surface area contributed by atoms with Gasteiger partial charge in [-0.25, -0.2) is 29.9 Å². The summed E-state index contributed by atoms with van der Waals surface area (Å²) in [4.78, 5) is 63.0. The topological polar surface area (TPSA) is 233 Å². The van der Waals surface area contributed by atoms with Crippen LogP contribution in [0.3, 0.4) is 0 Å². The van der Waals surface area contributed by atoms with Crippen LogP contribution >= 0.6 is 34.8 Å². The number of aromatic nitrogens is 6. The van der Waals surface area contributed by atoms with Gasteiger partial charge in [0.25, 0.3) is 0 Å². The number of anilines is 2. The summed E-state index contributed by atoms with van der Waals surface area (Å²) >= 11 is 18.5. The molecule has 0 radical (unpaired) electrons. The first kappa shape index (κ1) is 63.2. The summed E-state index contributed by atoms with van der Waals surface area (Å²) in [5.74, 6) is -7.04. The molecular weight excluding hydrogens is 1240 g/mol. The maximum Gasteiger partial charge on any atom is 0.416 e. The van der Waals surface area contributed by atoms with E-state index in [1.54, 1.807) is 49.4 Å². The lowest BCUT2D eigenvalue weighted by Gasteiger charge is -2.16. The van der Waals surface area contributed by atoms with Crippen LogP contribution in [-0.2, 0) is 37.6 Å². The van der Waals surface area contributed by atoms with Crippen molar-refractivity contribution >= 4 is 129 Å². The zero-order valence-corrected chi connectivity index (χ0v) is 47.3. The molecule has 3 unspecified atom stereocenters. The minimum atomic E-state index is -5.11. The van der Waals surface area contributed by atoms with Crippen LogP contribution in [0.1, 0.15) is 58.4 Å². The number of benzene rings is 8. The van der Waals surface area contributed by atoms with Gasteiger partial charge in [0.1, 0.15) is 17.1 Å². The Hall–Kier alpha value is -10.3. The maximum atomic E-state index is 13.1. The van der Waals surface area contributed by atoms with E-state index in [1.807, 2.05) is 90.3 Å². The molecule has 11 rings (SSSR count). The number of carbonyl (C=O) groups excluding carboxylic acids is 3. The quantitative estimate of drug-likeness (QED) is 0.0778. The van der Waals surface area contributed by atoms with Crippen LogP contribution in [-0.4, -0.2) is 54.3 Å². The predicted molar refractivity (Wildman–Crippen MR) is 313 cm³/mol. The molecule has 2 N–H and O–H groups in total. The Kier molecular flexibility index (Phi) is 18.4. The first-order valence-corrected chi connectivity index (χ1v) is 26.9. The van der Waals surface area contributed by atoms with E-state index >= 15 is 0 Å². The Morgan fingerprint density at radius 1 is 0.427 bits per heavy atom. The number of nitrogens with one attached hydrogen (secondary N) is 2. The van der Waals surface area contributed by atoms with Crippen molar-refractivity contribution in [1.29, 1.82) is 15.8 Å². The molecule has 0 spiro atoms. The van der Waals surface area contributed by atoms with Gasteiger partial charge < -0.3 is 15.4 Å². The number of carbonyl (C=O) groups is 3. The first-order valence-electron chi connectivity index (χ1n) is 25.8. The number of amides is 2. The maximum absolute atomic E-state index is 13.1. The van der Waals surface area contributed by atoms with Crippen LogP contribution in [0.5, 0.6) is 0 Å². The Labute approximate surface area is 510 Å². The monoisotopic (exact) mass is 1270 g/mol. The number of esters is 1. The van der Waals surface area contributed by atoms with Gasteiger partial charge in [0.05, 0.1) is 74.6 Å². The molecule has 0 saturated heterocycles. The molecule has 8 aromatic carbocycles. The average Bonchev–Trinajstić information content (AvgIpc) is 1.38. The molecule has 0 aliphatic heterocycles. The number of ether oxygens (including phenoxy) is 1. The third-order valence-corrected chi connectivity index (χ3v) is 14.0. The van der Waals surface area contributed by atoms with E-state index < -0.39 is 76.4 Å². The molecule has 11 aromatic rings. The molecule has 0 saturated carbocycles. The lowest BCUT2D eigenvalue weighted by molar-refractivity contribution is -0.144. The fourth-order valence-electron chi connectivity index (χ4n) is 8.89. The molecule has 0 aliphatic carbocycles. The highest BCUT2D eigenvalue weighted by Crippen LogP contribution is 2.39. The van der Waals surface area contributed by atoms with Gasteiger partial charge >= 0.3 is 24.5 Å². The predicted octanol–water partition coefficient (Wildman–Crippen LogP) is 16.0. The van der Waals surface area contributed by atoms with Gasteiger partial charge in [-0.15, -0.1) is 0 Å². The molecule has 15 nitrogen and oxygen atoms in total. The molecule has 3 atom stereocenters. The second-order valence-corrected chi connectivity index (χ2v) is 20.1. The van der Waals surface area contributed by atoms with Gasteiger partial charge in [-0.2, -0.15) is 55.3 Å². The van der Waals surface area contributed by atoms with Crippen LogP contribution in [0.4, 0.5) is 50.9 Å². The fraction of sp³-hybridized carbons (Fsp3) is 0.129. The van der Waals surface area contributed by atoms with Crippen molar-refractivity contribution in [3.63, 3.8) is 0 Å². The van der Waals surface area contributed by atoms with E-state index in [0.29, 0.717) is 39.7 Å². The smallest absolute Gasteiger partial charge is 0.416 e. The third kappa shape index (κ3) is 14.4. The van der Waals surface area contributed by atoms with E-state index in [4.69, 9.17) is 39.5 Å². The lowest BCUT2D eigenvalue weighted by Crippen LogP contribution is -2.22. The molecule has 0 fully saturated rings. The zero-order chi connectivity index (χ0) is 64.1. The highest BCUT2D eigenvalue weighted by atomic mass is 35.5. The normalized spacial score (nSPS) is 12.6. The van der Waals surface area contributed by atoms with Gasteiger partial charge in [0.2, 0.25) is 11.8 Å². The second kappa shape index (κ2) is 25.9. The van der Waals surface area contributed by atoms with Crippen molar-refractivity contribution in [1.82, 2.24) is 29.9 Å². The Balaban J connectivity index is 0.000000162. The summed E-state index contributed by atoms with van der Waals surface area (Å²) in [6, 6.07) is 43.0. The molecular formula is C62H35Cl3F9N11O4. The van der Waals surface area contributed by atoms with Crippen molar-refractivity contribution in [3.8, 4) is 18.2 Å². The summed E-state index contributed by atoms with van der Waals surface area (Å²) in [5.41, 5.74) is -2.18. The number of fused-ring (bicyclic) bond motifs is 6. The number of halogens is 12. The molecule has 0 aliphatic rings. The second-order valence-electron chi connectivity index (χ2n) is 19.0. The van der Waals surface area contributed by atoms with Crippen LogP contribution in [0, 0.1) is 34.0 Å². The molecule has 446 valence electrons. The van der Waals surface area contributed by atoms with Crippen molar-refractivity contribution < 1.29 is 58.6 Å². The SMILES string of the molecule is CCOC(=O)C(C#N)c1nc2cc3ccccc3cc2nc1Cl.N#CC(C(=O)Nc1cc(C(F)(F)F)cc(C(F)(F)F)c1)c1nc2cc3ccccc3cc2nc1Cl.N#CC(C(=O)Nc1ccc(C(F)(F)F)cc1)c1nc2cc3ccccc3cc2nc1Cl. The van der Waals surface area contributed by atoms with Gasteiger partial charge in [-0.05, 0) is 118 Å². The summed E-state index contributed by atoms with van der Waals surface area (Å²) < 4.78 is 122. The average molecular weight is 1280 g/mol. The standard InChI is InChI=1S/C23H11ClF6N4O.C22H12ClF3N4O.C17H12ClN3O2/c24-20-19(33-17-5-11-3-1-2-4-12(11)6-18(17)34-20)16(10-31)21(35)32-15-8-13(22(25,26)27)7-14(9-15)23(28,29)30;23-20-19(29-17-9-12-3-1-2-4-13(12)10-18(17)30-20)16(11-27)21(31)28-15-7-5-14(6-8-15)22(24,25)26;1-2-23-17(22)12(9-19)15-16(18)21-14-8-11-6-4-3-5-10(11)7-13(14)20-15/h1-9,16H,(H,32,35);1-10,16H,(H,28,31);3-8,12H,2H2,1H3. The van der Waals surface area contributed by atoms with Crippen LogP contribution in [0.15, 0.2) is 152 Å². The fourth-order valence-corrected chi connectivity index (χ4v) is 9.62. The van der Waals surface area contributed by atoms with Crippen molar-refractivity contribution in [2.45, 2.75) is 43.2 Å². The first-order chi connectivity index (χ1) is 42.3. The van der Waals surface area contributed by atoms with Gasteiger partial charge in [-0.3, -0.25) is 14.4 Å². The zero-order valence-electron chi connectivity index (χ0n) is 45.1. The number of rotatable bonds is 9. The summed E-state index contributed by atoms with van der Waals surface area (Å²) in [6.07, 6.45) is -14.7. The molecule has 3 aromatic heterocycles. The number of nitrogens with zero attached hydrogens (tertiary/aromatic N) is 9. The molecule has 3 heterocycles. The number of hydrogen-bond acceptors (Lipinski definition) is 13. The Morgan fingerprint density at radius 3 is 1.01 bits per heavy atom. The summed E-state index contributed by atoms with van der Waals surface area (Å²) in [6.45, 7) is 1.85. The number of hydrogen-bond donors (Lipinski definition) is 2. The van der Waals surface area contributed by atoms with Crippen molar-refractivity contribution in [3.05, 3.63) is 201 Å². The Bertz CT molecular complexity index is 4720. The van der Waals surface area contributed by atoms with E-state index in [2.05, 4.69) is 35.2 Å². The number of alkyl halides is 9. The lowest BCUT2D eigenvalue weighted by atomic mass is 10.0. The van der Waals surface area contributed by atoms with E-state index in [-0.39, 0.29) is 56.4 Å². The molecule has 2 amide bonds. The minimum Gasteiger partial charge on any atom is -0.465 e.